The SMILES string of the molecule is Cc1cc(Nc2ncnn3ccc(C4CNC4)c23)ccc1Oc1ccc2c(c1)ncn2C. The standard InChI is InChI=1S/C24H23N7O/c1-15-9-17(3-6-22(15)32-18-4-5-21-20(10-18)27-14-30(21)2)29-24-23-19(16-11-25-12-16)7-8-31(23)28-13-26-24/h3-10,13-14,16,25H,11-12H2,1-2H3,(H,26,28,29). The largest absolute Gasteiger partial charge is 0.457 e. The third-order valence-corrected chi connectivity index (χ3v) is 6.07. The zero-order valence-corrected chi connectivity index (χ0v) is 17.9. The second-order valence-electron chi connectivity index (χ2n) is 8.24. The van der Waals surface area contributed by atoms with Crippen molar-refractivity contribution < 1.29 is 4.74 Å². The third-order valence-electron chi connectivity index (χ3n) is 6.07. The predicted octanol–water partition coefficient (Wildman–Crippen LogP) is 4.15. The van der Waals surface area contributed by atoms with Crippen LogP contribution in [0.5, 0.6) is 11.5 Å². The van der Waals surface area contributed by atoms with Gasteiger partial charge < -0.3 is 19.9 Å². The highest BCUT2D eigenvalue weighted by atomic mass is 16.5. The maximum atomic E-state index is 6.15. The summed E-state index contributed by atoms with van der Waals surface area (Å²) in [7, 11) is 1.98. The summed E-state index contributed by atoms with van der Waals surface area (Å²) in [6, 6.07) is 14.2. The van der Waals surface area contributed by atoms with Gasteiger partial charge >= 0.3 is 0 Å². The normalized spacial score (nSPS) is 14.1. The van der Waals surface area contributed by atoms with Crippen molar-refractivity contribution in [1.82, 2.24) is 29.5 Å². The summed E-state index contributed by atoms with van der Waals surface area (Å²) in [5.74, 6) is 2.88. The average molecular weight is 425 g/mol. The highest BCUT2D eigenvalue weighted by Crippen LogP contribution is 2.32. The molecule has 4 heterocycles. The molecule has 5 aromatic rings. The molecule has 8 nitrogen and oxygen atoms in total. The number of fused-ring (bicyclic) bond motifs is 2. The van der Waals surface area contributed by atoms with E-state index in [1.807, 2.05) is 65.9 Å². The highest BCUT2D eigenvalue weighted by molar-refractivity contribution is 5.78. The van der Waals surface area contributed by atoms with Gasteiger partial charge in [0.1, 0.15) is 23.3 Å². The summed E-state index contributed by atoms with van der Waals surface area (Å²) < 4.78 is 10.0. The van der Waals surface area contributed by atoms with Crippen LogP contribution in [0.2, 0.25) is 0 Å². The van der Waals surface area contributed by atoms with Crippen molar-refractivity contribution in [3.05, 3.63) is 72.4 Å². The minimum Gasteiger partial charge on any atom is -0.457 e. The number of aryl methyl sites for hydroxylation is 2. The van der Waals surface area contributed by atoms with Crippen LogP contribution < -0.4 is 15.4 Å². The average Bonchev–Trinajstić information content (AvgIpc) is 3.33. The maximum absolute atomic E-state index is 6.15. The Hall–Kier alpha value is -3.91. The lowest BCUT2D eigenvalue weighted by molar-refractivity contribution is 0.451. The molecule has 0 atom stereocenters. The van der Waals surface area contributed by atoms with Gasteiger partial charge in [0.05, 0.1) is 17.4 Å². The molecule has 8 heteroatoms. The minimum absolute atomic E-state index is 0.500. The van der Waals surface area contributed by atoms with Gasteiger partial charge in [-0.05, 0) is 54.4 Å². The van der Waals surface area contributed by atoms with E-state index < -0.39 is 0 Å². The van der Waals surface area contributed by atoms with Crippen molar-refractivity contribution in [1.29, 1.82) is 0 Å². The molecule has 2 aromatic carbocycles. The molecule has 6 rings (SSSR count). The molecule has 1 saturated heterocycles. The molecular weight excluding hydrogens is 402 g/mol. The predicted molar refractivity (Wildman–Crippen MR) is 124 cm³/mol. The fourth-order valence-corrected chi connectivity index (χ4v) is 4.19. The van der Waals surface area contributed by atoms with E-state index in [1.165, 1.54) is 5.56 Å². The van der Waals surface area contributed by atoms with Crippen molar-refractivity contribution in [2.45, 2.75) is 12.8 Å². The number of hydrogen-bond acceptors (Lipinski definition) is 6. The number of rotatable bonds is 5. The van der Waals surface area contributed by atoms with E-state index in [0.29, 0.717) is 5.92 Å². The Balaban J connectivity index is 1.27. The first-order chi connectivity index (χ1) is 15.7. The van der Waals surface area contributed by atoms with E-state index in [0.717, 1.165) is 58.2 Å². The second kappa shape index (κ2) is 7.35. The smallest absolute Gasteiger partial charge is 0.158 e. The van der Waals surface area contributed by atoms with Crippen molar-refractivity contribution in [2.75, 3.05) is 18.4 Å². The van der Waals surface area contributed by atoms with E-state index in [1.54, 1.807) is 6.33 Å². The van der Waals surface area contributed by atoms with Crippen LogP contribution >= 0.6 is 0 Å². The molecule has 0 saturated carbocycles. The van der Waals surface area contributed by atoms with Crippen LogP contribution in [0.3, 0.4) is 0 Å². The first-order valence-electron chi connectivity index (χ1n) is 10.7. The van der Waals surface area contributed by atoms with E-state index in [9.17, 15) is 0 Å². The van der Waals surface area contributed by atoms with E-state index in [2.05, 4.69) is 37.8 Å². The molecule has 0 spiro atoms. The number of nitrogens with zero attached hydrogens (tertiary/aromatic N) is 5. The fraction of sp³-hybridized carbons (Fsp3) is 0.208. The Kier molecular flexibility index (Phi) is 4.32. The van der Waals surface area contributed by atoms with Crippen LogP contribution in [0.15, 0.2) is 61.3 Å². The summed E-state index contributed by atoms with van der Waals surface area (Å²) >= 11 is 0. The van der Waals surface area contributed by atoms with Crippen molar-refractivity contribution in [3.63, 3.8) is 0 Å². The van der Waals surface area contributed by atoms with Gasteiger partial charge in [-0.15, -0.1) is 0 Å². The third kappa shape index (κ3) is 3.16. The number of anilines is 2. The first-order valence-corrected chi connectivity index (χ1v) is 10.7. The Morgan fingerprint density at radius 2 is 2.00 bits per heavy atom. The molecule has 1 aliphatic heterocycles. The molecular formula is C24H23N7O. The molecule has 0 amide bonds. The van der Waals surface area contributed by atoms with Gasteiger partial charge in [0.2, 0.25) is 0 Å². The van der Waals surface area contributed by atoms with Gasteiger partial charge in [0.15, 0.2) is 5.82 Å². The Morgan fingerprint density at radius 1 is 1.09 bits per heavy atom. The van der Waals surface area contributed by atoms with Crippen LogP contribution in [0, 0.1) is 6.92 Å². The molecule has 0 aliphatic carbocycles. The Bertz CT molecular complexity index is 1450. The van der Waals surface area contributed by atoms with Crippen molar-refractivity contribution in [3.8, 4) is 11.5 Å². The van der Waals surface area contributed by atoms with E-state index >= 15 is 0 Å². The lowest BCUT2D eigenvalue weighted by Gasteiger charge is -2.27. The summed E-state index contributed by atoms with van der Waals surface area (Å²) in [6.07, 6.45) is 5.38. The number of hydrogen-bond donors (Lipinski definition) is 2. The zero-order valence-electron chi connectivity index (χ0n) is 17.9. The zero-order chi connectivity index (χ0) is 21.7. The molecule has 0 radical (unpaired) electrons. The summed E-state index contributed by atoms with van der Waals surface area (Å²) in [5.41, 5.74) is 6.27. The first kappa shape index (κ1) is 18.8. The van der Waals surface area contributed by atoms with Gasteiger partial charge in [-0.25, -0.2) is 14.5 Å². The Labute approximate surface area is 184 Å². The minimum atomic E-state index is 0.500. The van der Waals surface area contributed by atoms with Crippen LogP contribution in [-0.2, 0) is 7.05 Å². The van der Waals surface area contributed by atoms with E-state index in [4.69, 9.17) is 4.74 Å². The van der Waals surface area contributed by atoms with Gasteiger partial charge in [0, 0.05) is 44.0 Å². The highest BCUT2D eigenvalue weighted by Gasteiger charge is 2.24. The summed E-state index contributed by atoms with van der Waals surface area (Å²) in [5, 5.41) is 11.2. The van der Waals surface area contributed by atoms with Crippen molar-refractivity contribution >= 4 is 28.1 Å². The Morgan fingerprint density at radius 3 is 2.81 bits per heavy atom. The summed E-state index contributed by atoms with van der Waals surface area (Å²) in [6.45, 7) is 4.02. The number of nitrogens with one attached hydrogen (secondary N) is 2. The molecule has 2 N–H and O–H groups in total. The number of imidazole rings is 1. The van der Waals surface area contributed by atoms with Gasteiger partial charge in [0.25, 0.3) is 0 Å². The van der Waals surface area contributed by atoms with Gasteiger partial charge in [-0.2, -0.15) is 5.10 Å². The van der Waals surface area contributed by atoms with Crippen LogP contribution in [0.25, 0.3) is 16.6 Å². The molecule has 1 fully saturated rings. The number of aromatic nitrogens is 5. The molecule has 1 aliphatic rings. The van der Waals surface area contributed by atoms with Crippen LogP contribution in [0.1, 0.15) is 17.0 Å². The lowest BCUT2D eigenvalue weighted by atomic mass is 9.95. The molecule has 3 aromatic heterocycles. The summed E-state index contributed by atoms with van der Waals surface area (Å²) in [4.78, 5) is 8.93. The molecule has 0 unspecified atom stereocenters. The molecule has 0 bridgehead atoms. The quantitative estimate of drug-likeness (QED) is 0.440. The van der Waals surface area contributed by atoms with E-state index in [-0.39, 0.29) is 0 Å². The topological polar surface area (TPSA) is 81.3 Å². The maximum Gasteiger partial charge on any atom is 0.158 e. The van der Waals surface area contributed by atoms with Crippen LogP contribution in [-0.4, -0.2) is 37.2 Å². The fourth-order valence-electron chi connectivity index (χ4n) is 4.19. The van der Waals surface area contributed by atoms with Crippen LogP contribution in [0.4, 0.5) is 11.5 Å². The molecule has 160 valence electrons. The van der Waals surface area contributed by atoms with Crippen molar-refractivity contribution in [2.24, 2.45) is 7.05 Å². The second-order valence-corrected chi connectivity index (χ2v) is 8.24. The lowest BCUT2D eigenvalue weighted by Crippen LogP contribution is -2.39. The number of benzene rings is 2. The molecule has 32 heavy (non-hydrogen) atoms. The monoisotopic (exact) mass is 425 g/mol. The number of ether oxygens (including phenoxy) is 1. The van der Waals surface area contributed by atoms with Gasteiger partial charge in [-0.1, -0.05) is 0 Å². The van der Waals surface area contributed by atoms with Gasteiger partial charge in [-0.3, -0.25) is 0 Å².